The molecule has 0 unspecified atom stereocenters. The molecule has 88 valence electrons. The van der Waals surface area contributed by atoms with E-state index >= 15 is 0 Å². The molecule has 1 aromatic rings. The monoisotopic (exact) mass is 223 g/mol. The summed E-state index contributed by atoms with van der Waals surface area (Å²) in [6.07, 6.45) is 2.35. The van der Waals surface area contributed by atoms with E-state index in [2.05, 4.69) is 0 Å². The van der Waals surface area contributed by atoms with E-state index in [1.165, 1.54) is 0 Å². The Morgan fingerprint density at radius 3 is 2.12 bits per heavy atom. The standard InChI is InChI=1S/C12H17NO3/c1-15-9-5-8(7-12(14)3-4-12)6-10(16-2)11(9)13/h5-6,14H,3-4,7,13H2,1-2H3. The molecular formula is C12H17NO3. The van der Waals surface area contributed by atoms with Gasteiger partial charge in [-0.1, -0.05) is 0 Å². The van der Waals surface area contributed by atoms with Crippen molar-refractivity contribution in [2.24, 2.45) is 0 Å². The molecular weight excluding hydrogens is 206 g/mol. The zero-order chi connectivity index (χ0) is 11.8. The lowest BCUT2D eigenvalue weighted by Gasteiger charge is -2.14. The first-order chi connectivity index (χ1) is 7.58. The summed E-state index contributed by atoms with van der Waals surface area (Å²) in [7, 11) is 3.14. The van der Waals surface area contributed by atoms with Crippen molar-refractivity contribution in [2.45, 2.75) is 24.9 Å². The molecule has 1 fully saturated rings. The second-order valence-corrected chi connectivity index (χ2v) is 4.32. The molecule has 0 atom stereocenters. The van der Waals surface area contributed by atoms with Crippen LogP contribution in [0.15, 0.2) is 12.1 Å². The van der Waals surface area contributed by atoms with Crippen LogP contribution in [0.2, 0.25) is 0 Å². The Bertz CT molecular complexity index is 374. The summed E-state index contributed by atoms with van der Waals surface area (Å²) in [5, 5.41) is 9.87. The van der Waals surface area contributed by atoms with Crippen LogP contribution in [0.25, 0.3) is 0 Å². The summed E-state index contributed by atoms with van der Waals surface area (Å²) in [6.45, 7) is 0. The molecule has 0 heterocycles. The highest BCUT2D eigenvalue weighted by molar-refractivity contribution is 5.64. The van der Waals surface area contributed by atoms with Crippen LogP contribution in [0, 0.1) is 0 Å². The predicted molar refractivity (Wildman–Crippen MR) is 61.8 cm³/mol. The maximum Gasteiger partial charge on any atom is 0.145 e. The Labute approximate surface area is 95.0 Å². The molecule has 0 aliphatic heterocycles. The van der Waals surface area contributed by atoms with Crippen LogP contribution >= 0.6 is 0 Å². The first-order valence-corrected chi connectivity index (χ1v) is 5.31. The number of anilines is 1. The van der Waals surface area contributed by atoms with Crippen LogP contribution < -0.4 is 15.2 Å². The van der Waals surface area contributed by atoms with Gasteiger partial charge >= 0.3 is 0 Å². The second kappa shape index (κ2) is 3.87. The lowest BCUT2D eigenvalue weighted by Crippen LogP contribution is -2.11. The lowest BCUT2D eigenvalue weighted by molar-refractivity contribution is 0.151. The fraction of sp³-hybridized carbons (Fsp3) is 0.500. The first-order valence-electron chi connectivity index (χ1n) is 5.31. The Morgan fingerprint density at radius 1 is 1.25 bits per heavy atom. The number of aliphatic hydroxyl groups is 1. The number of rotatable bonds is 4. The zero-order valence-corrected chi connectivity index (χ0v) is 9.62. The smallest absolute Gasteiger partial charge is 0.145 e. The number of ether oxygens (including phenoxy) is 2. The molecule has 16 heavy (non-hydrogen) atoms. The molecule has 0 spiro atoms. The molecule has 0 bridgehead atoms. The second-order valence-electron chi connectivity index (χ2n) is 4.32. The molecule has 4 nitrogen and oxygen atoms in total. The van der Waals surface area contributed by atoms with Crippen molar-refractivity contribution in [3.8, 4) is 11.5 Å². The van der Waals surface area contributed by atoms with Crippen LogP contribution in [0.1, 0.15) is 18.4 Å². The van der Waals surface area contributed by atoms with E-state index in [4.69, 9.17) is 15.2 Å². The number of hydrogen-bond donors (Lipinski definition) is 2. The SMILES string of the molecule is COc1cc(CC2(O)CC2)cc(OC)c1N. The van der Waals surface area contributed by atoms with Crippen molar-refractivity contribution in [3.63, 3.8) is 0 Å². The van der Waals surface area contributed by atoms with Crippen molar-refractivity contribution in [2.75, 3.05) is 20.0 Å². The number of nitrogen functional groups attached to an aromatic ring is 1. The van der Waals surface area contributed by atoms with E-state index in [1.54, 1.807) is 14.2 Å². The predicted octanol–water partition coefficient (Wildman–Crippen LogP) is 1.35. The molecule has 3 N–H and O–H groups in total. The number of nitrogens with two attached hydrogens (primary N) is 1. The fourth-order valence-corrected chi connectivity index (χ4v) is 1.80. The average molecular weight is 223 g/mol. The Balaban J connectivity index is 2.31. The quantitative estimate of drug-likeness (QED) is 0.756. The summed E-state index contributed by atoms with van der Waals surface area (Å²) >= 11 is 0. The van der Waals surface area contributed by atoms with Crippen LogP contribution in [0.4, 0.5) is 5.69 Å². The topological polar surface area (TPSA) is 64.7 Å². The maximum atomic E-state index is 9.87. The van der Waals surface area contributed by atoms with Crippen LogP contribution in [0.5, 0.6) is 11.5 Å². The fourth-order valence-electron chi connectivity index (χ4n) is 1.80. The van der Waals surface area contributed by atoms with Gasteiger partial charge in [-0.25, -0.2) is 0 Å². The van der Waals surface area contributed by atoms with Crippen LogP contribution in [-0.4, -0.2) is 24.9 Å². The van der Waals surface area contributed by atoms with Gasteiger partial charge in [0.2, 0.25) is 0 Å². The number of hydrogen-bond acceptors (Lipinski definition) is 4. The molecule has 0 radical (unpaired) electrons. The third kappa shape index (κ3) is 2.07. The molecule has 1 saturated carbocycles. The maximum absolute atomic E-state index is 9.87. The van der Waals surface area contributed by atoms with Gasteiger partial charge in [0.25, 0.3) is 0 Å². The minimum atomic E-state index is -0.522. The summed E-state index contributed by atoms with van der Waals surface area (Å²) < 4.78 is 10.4. The van der Waals surface area contributed by atoms with Gasteiger partial charge in [-0.05, 0) is 30.5 Å². The minimum Gasteiger partial charge on any atom is -0.494 e. The van der Waals surface area contributed by atoms with Crippen molar-refractivity contribution >= 4 is 5.69 Å². The highest BCUT2D eigenvalue weighted by Gasteiger charge is 2.40. The van der Waals surface area contributed by atoms with Crippen molar-refractivity contribution < 1.29 is 14.6 Å². The third-order valence-corrected chi connectivity index (χ3v) is 2.96. The van der Waals surface area contributed by atoms with Crippen LogP contribution in [-0.2, 0) is 6.42 Å². The Hall–Kier alpha value is -1.42. The molecule has 0 saturated heterocycles. The van der Waals surface area contributed by atoms with Gasteiger partial charge in [-0.15, -0.1) is 0 Å². The molecule has 1 aliphatic carbocycles. The Morgan fingerprint density at radius 2 is 1.75 bits per heavy atom. The summed E-state index contributed by atoms with van der Waals surface area (Å²) in [5.41, 5.74) is 6.80. The highest BCUT2D eigenvalue weighted by Crippen LogP contribution is 2.41. The summed E-state index contributed by atoms with van der Waals surface area (Å²) in [4.78, 5) is 0. The largest absolute Gasteiger partial charge is 0.494 e. The molecule has 4 heteroatoms. The van der Waals surface area contributed by atoms with E-state index in [1.807, 2.05) is 12.1 Å². The third-order valence-electron chi connectivity index (χ3n) is 2.96. The van der Waals surface area contributed by atoms with Crippen LogP contribution in [0.3, 0.4) is 0 Å². The molecule has 1 aromatic carbocycles. The van der Waals surface area contributed by atoms with E-state index in [0.29, 0.717) is 23.6 Å². The van der Waals surface area contributed by atoms with Gasteiger partial charge < -0.3 is 20.3 Å². The van der Waals surface area contributed by atoms with E-state index in [0.717, 1.165) is 18.4 Å². The normalized spacial score (nSPS) is 16.9. The van der Waals surface area contributed by atoms with E-state index in [-0.39, 0.29) is 0 Å². The van der Waals surface area contributed by atoms with Gasteiger partial charge in [0.05, 0.1) is 19.8 Å². The summed E-state index contributed by atoms with van der Waals surface area (Å²) in [6, 6.07) is 3.71. The van der Waals surface area contributed by atoms with Crippen molar-refractivity contribution in [3.05, 3.63) is 17.7 Å². The van der Waals surface area contributed by atoms with Crippen molar-refractivity contribution in [1.82, 2.24) is 0 Å². The lowest BCUT2D eigenvalue weighted by atomic mass is 10.0. The van der Waals surface area contributed by atoms with Gasteiger partial charge in [-0.3, -0.25) is 0 Å². The minimum absolute atomic E-state index is 0.497. The average Bonchev–Trinajstić information content (AvgIpc) is 2.98. The number of benzene rings is 1. The summed E-state index contributed by atoms with van der Waals surface area (Å²) in [5.74, 6) is 1.19. The number of methoxy groups -OCH3 is 2. The van der Waals surface area contributed by atoms with Gasteiger partial charge in [0.1, 0.15) is 17.2 Å². The zero-order valence-electron chi connectivity index (χ0n) is 9.62. The first kappa shape index (κ1) is 11.1. The van der Waals surface area contributed by atoms with Gasteiger partial charge in [0.15, 0.2) is 0 Å². The molecule has 0 amide bonds. The van der Waals surface area contributed by atoms with E-state index in [9.17, 15) is 5.11 Å². The van der Waals surface area contributed by atoms with Crippen molar-refractivity contribution in [1.29, 1.82) is 0 Å². The Kier molecular flexibility index (Phi) is 2.68. The highest BCUT2D eigenvalue weighted by atomic mass is 16.5. The molecule has 1 aliphatic rings. The van der Waals surface area contributed by atoms with E-state index < -0.39 is 5.60 Å². The van der Waals surface area contributed by atoms with Gasteiger partial charge in [-0.2, -0.15) is 0 Å². The molecule has 2 rings (SSSR count). The van der Waals surface area contributed by atoms with Gasteiger partial charge in [0, 0.05) is 6.42 Å². The molecule has 0 aromatic heterocycles.